The highest BCUT2D eigenvalue weighted by molar-refractivity contribution is 7.16. The Labute approximate surface area is 181 Å². The van der Waals surface area contributed by atoms with Crippen LogP contribution in [-0.2, 0) is 0 Å². The first-order valence-electron chi connectivity index (χ1n) is 11.7. The van der Waals surface area contributed by atoms with Crippen molar-refractivity contribution in [1.29, 1.82) is 0 Å². The molecule has 0 aliphatic heterocycles. The quantitative estimate of drug-likeness (QED) is 0.448. The lowest BCUT2D eigenvalue weighted by Gasteiger charge is -2.39. The van der Waals surface area contributed by atoms with Crippen LogP contribution in [0, 0.1) is 11.8 Å². The van der Waals surface area contributed by atoms with Crippen molar-refractivity contribution in [3.8, 4) is 0 Å². The largest absolute Gasteiger partial charge is 0.293 e. The van der Waals surface area contributed by atoms with Crippen LogP contribution in [0.25, 0.3) is 0 Å². The molecule has 4 aliphatic rings. The smallest absolute Gasteiger partial charge is 0.176 e. The van der Waals surface area contributed by atoms with Crippen LogP contribution in [0.1, 0.15) is 80.8 Å². The van der Waals surface area contributed by atoms with Crippen molar-refractivity contribution in [3.05, 3.63) is 20.9 Å². The van der Waals surface area contributed by atoms with E-state index >= 15 is 0 Å². The highest BCUT2D eigenvalue weighted by Gasteiger charge is 2.54. The monoisotopic (exact) mass is 444 g/mol. The zero-order valence-corrected chi connectivity index (χ0v) is 21.7. The zero-order valence-electron chi connectivity index (χ0n) is 18.9. The Kier molecular flexibility index (Phi) is 4.56. The molecule has 0 spiro atoms. The van der Waals surface area contributed by atoms with Crippen molar-refractivity contribution < 1.29 is 9.59 Å². The van der Waals surface area contributed by atoms with Crippen LogP contribution in [0.5, 0.6) is 0 Å². The van der Waals surface area contributed by atoms with Gasteiger partial charge in [0.2, 0.25) is 0 Å². The summed E-state index contributed by atoms with van der Waals surface area (Å²) in [4.78, 5) is 28.8. The SMILES string of the molecule is C[Si](C)(C)C1CCC2c3c(sc4c3C3CCC([Si](C)(C)C)CC3C4=O)C(=O)C2C1. The summed E-state index contributed by atoms with van der Waals surface area (Å²) >= 11 is 1.60. The van der Waals surface area contributed by atoms with Crippen LogP contribution in [0.3, 0.4) is 0 Å². The zero-order chi connectivity index (χ0) is 20.9. The Morgan fingerprint density at radius 3 is 1.34 bits per heavy atom. The minimum atomic E-state index is -1.21. The summed E-state index contributed by atoms with van der Waals surface area (Å²) in [5.41, 5.74) is 4.30. The van der Waals surface area contributed by atoms with Crippen LogP contribution in [0.15, 0.2) is 0 Å². The van der Waals surface area contributed by atoms with Gasteiger partial charge in [-0.05, 0) is 59.7 Å². The van der Waals surface area contributed by atoms with E-state index in [-0.39, 0.29) is 11.8 Å². The minimum Gasteiger partial charge on any atom is -0.293 e. The van der Waals surface area contributed by atoms with Gasteiger partial charge in [-0.25, -0.2) is 0 Å². The second-order valence-electron chi connectivity index (χ2n) is 12.5. The van der Waals surface area contributed by atoms with Crippen molar-refractivity contribution in [2.24, 2.45) is 11.8 Å². The number of carbonyl (C=O) groups is 2. The van der Waals surface area contributed by atoms with E-state index in [1.165, 1.54) is 36.8 Å². The van der Waals surface area contributed by atoms with Gasteiger partial charge in [0.05, 0.1) is 9.75 Å². The van der Waals surface area contributed by atoms with E-state index in [0.717, 1.165) is 33.7 Å². The summed E-state index contributed by atoms with van der Waals surface area (Å²) in [5, 5.41) is 0. The van der Waals surface area contributed by atoms with E-state index in [1.54, 1.807) is 11.3 Å². The van der Waals surface area contributed by atoms with Crippen molar-refractivity contribution in [2.45, 2.75) is 101 Å². The van der Waals surface area contributed by atoms with E-state index in [0.29, 0.717) is 23.4 Å². The molecular formula is C24H36O2SSi2. The van der Waals surface area contributed by atoms with E-state index < -0.39 is 16.1 Å². The first-order chi connectivity index (χ1) is 13.5. The third-order valence-corrected chi connectivity index (χ3v) is 16.2. The molecule has 6 atom stereocenters. The molecule has 2 fully saturated rings. The van der Waals surface area contributed by atoms with Gasteiger partial charge in [-0.2, -0.15) is 0 Å². The molecule has 0 N–H and O–H groups in total. The summed E-state index contributed by atoms with van der Waals surface area (Å²) in [6.45, 7) is 14.8. The maximum atomic E-state index is 13.4. The van der Waals surface area contributed by atoms with Crippen LogP contribution in [0.2, 0.25) is 50.4 Å². The van der Waals surface area contributed by atoms with Gasteiger partial charge in [0, 0.05) is 28.0 Å². The van der Waals surface area contributed by atoms with Crippen molar-refractivity contribution >= 4 is 39.1 Å². The van der Waals surface area contributed by atoms with Crippen molar-refractivity contribution in [1.82, 2.24) is 0 Å². The predicted molar refractivity (Wildman–Crippen MR) is 127 cm³/mol. The number of thiophene rings is 1. The van der Waals surface area contributed by atoms with Gasteiger partial charge >= 0.3 is 0 Å². The molecule has 1 heterocycles. The molecule has 0 aromatic carbocycles. The molecule has 0 saturated heterocycles. The summed E-state index contributed by atoms with van der Waals surface area (Å²) in [6.07, 6.45) is 7.13. The second kappa shape index (κ2) is 6.49. The summed E-state index contributed by atoms with van der Waals surface area (Å²) in [6, 6.07) is 0. The Balaban J connectivity index is 1.48. The summed E-state index contributed by atoms with van der Waals surface area (Å²) < 4.78 is 0. The van der Waals surface area contributed by atoms with Gasteiger partial charge in [0.15, 0.2) is 11.6 Å². The van der Waals surface area contributed by atoms with Crippen molar-refractivity contribution in [3.63, 3.8) is 0 Å². The molecule has 29 heavy (non-hydrogen) atoms. The molecule has 5 heteroatoms. The number of hydrogen-bond acceptors (Lipinski definition) is 3. The third-order valence-electron chi connectivity index (χ3n) is 9.00. The molecule has 1 aromatic rings. The van der Waals surface area contributed by atoms with E-state index in [2.05, 4.69) is 39.3 Å². The topological polar surface area (TPSA) is 34.1 Å². The van der Waals surface area contributed by atoms with Crippen LogP contribution < -0.4 is 0 Å². The molecule has 0 bridgehead atoms. The lowest BCUT2D eigenvalue weighted by molar-refractivity contribution is 0.0893. The normalized spacial score (nSPS) is 36.6. The fourth-order valence-electron chi connectivity index (χ4n) is 7.08. The number of rotatable bonds is 2. The molecule has 1 aromatic heterocycles. The van der Waals surface area contributed by atoms with Gasteiger partial charge in [-0.1, -0.05) is 52.1 Å². The Hall–Kier alpha value is -0.526. The maximum Gasteiger partial charge on any atom is 0.176 e. The molecule has 0 radical (unpaired) electrons. The number of hydrogen-bond donors (Lipinski definition) is 0. The average Bonchev–Trinajstić information content (AvgIpc) is 3.23. The van der Waals surface area contributed by atoms with Crippen LogP contribution in [0.4, 0.5) is 0 Å². The standard InChI is InChI=1S/C24H36O2SSi2/c1-28(2,3)13-7-9-15-17(11-13)21(25)23-19(15)20-16-10-8-14(29(4,5)6)12-18(16)22(26)24(20)27-23/h13-18H,7-12H2,1-6H3. The number of fused-ring (bicyclic) bond motifs is 7. The number of Topliss-reactive ketones (excluding diaryl/α,β-unsaturated/α-hetero) is 2. The van der Waals surface area contributed by atoms with E-state index in [9.17, 15) is 9.59 Å². The number of ketones is 2. The molecule has 4 aliphatic carbocycles. The van der Waals surface area contributed by atoms with Gasteiger partial charge in [-0.3, -0.25) is 9.59 Å². The van der Waals surface area contributed by atoms with E-state index in [1.807, 2.05) is 0 Å². The van der Waals surface area contributed by atoms with E-state index in [4.69, 9.17) is 0 Å². The van der Waals surface area contributed by atoms with Crippen molar-refractivity contribution in [2.75, 3.05) is 0 Å². The van der Waals surface area contributed by atoms with Gasteiger partial charge in [-0.15, -0.1) is 11.3 Å². The van der Waals surface area contributed by atoms with Gasteiger partial charge in [0.25, 0.3) is 0 Å². The lowest BCUT2D eigenvalue weighted by atomic mass is 9.74. The highest BCUT2D eigenvalue weighted by atomic mass is 32.1. The number of carbonyl (C=O) groups excluding carboxylic acids is 2. The molecule has 2 saturated carbocycles. The fraction of sp³-hybridized carbons (Fsp3) is 0.750. The molecule has 2 nitrogen and oxygen atoms in total. The van der Waals surface area contributed by atoms with Gasteiger partial charge < -0.3 is 0 Å². The first kappa shape index (κ1) is 20.4. The lowest BCUT2D eigenvalue weighted by Crippen LogP contribution is -2.35. The Morgan fingerprint density at radius 2 is 1.00 bits per heavy atom. The molecule has 6 unspecified atom stereocenters. The molecular weight excluding hydrogens is 409 g/mol. The molecule has 0 amide bonds. The highest BCUT2D eigenvalue weighted by Crippen LogP contribution is 2.62. The third kappa shape index (κ3) is 2.97. The average molecular weight is 445 g/mol. The summed E-state index contributed by atoms with van der Waals surface area (Å²) in [7, 11) is -2.43. The van der Waals surface area contributed by atoms with Gasteiger partial charge in [0.1, 0.15) is 0 Å². The molecule has 158 valence electrons. The second-order valence-corrected chi connectivity index (χ2v) is 24.6. The Bertz CT molecular complexity index is 817. The maximum absolute atomic E-state index is 13.4. The van der Waals surface area contributed by atoms with Crippen LogP contribution >= 0.6 is 11.3 Å². The minimum absolute atomic E-state index is 0.222. The fourth-order valence-corrected chi connectivity index (χ4v) is 12.5. The summed E-state index contributed by atoms with van der Waals surface area (Å²) in [5.74, 6) is 2.08. The molecule has 5 rings (SSSR count). The first-order valence-corrected chi connectivity index (χ1v) is 19.7. The Morgan fingerprint density at radius 1 is 0.621 bits per heavy atom. The van der Waals surface area contributed by atoms with Crippen LogP contribution in [-0.4, -0.2) is 27.7 Å². The predicted octanol–water partition coefficient (Wildman–Crippen LogP) is 7.32.